The van der Waals surface area contributed by atoms with Crippen molar-refractivity contribution in [1.82, 2.24) is 0 Å². The average Bonchev–Trinajstić information content (AvgIpc) is 2.46. The van der Waals surface area contributed by atoms with Crippen molar-refractivity contribution in [3.05, 3.63) is 71.8 Å². The van der Waals surface area contributed by atoms with Gasteiger partial charge in [0.2, 0.25) is 0 Å². The van der Waals surface area contributed by atoms with Crippen LogP contribution in [0.25, 0.3) is 0 Å². The summed E-state index contributed by atoms with van der Waals surface area (Å²) in [5.74, 6) is -1.07. The van der Waals surface area contributed by atoms with E-state index in [0.717, 1.165) is 11.1 Å². The lowest BCUT2D eigenvalue weighted by Gasteiger charge is -2.35. The van der Waals surface area contributed by atoms with Gasteiger partial charge in [-0.3, -0.25) is 0 Å². The third-order valence-electron chi connectivity index (χ3n) is 3.35. The van der Waals surface area contributed by atoms with Gasteiger partial charge in [-0.05, 0) is 17.5 Å². The second kappa shape index (κ2) is 6.02. The second-order valence-corrected chi connectivity index (χ2v) is 5.16. The molecule has 0 saturated carbocycles. The van der Waals surface area contributed by atoms with E-state index in [1.54, 1.807) is 0 Å². The van der Waals surface area contributed by atoms with Gasteiger partial charge in [-0.15, -0.1) is 0 Å². The minimum Gasteiger partial charge on any atom is -0.549 e. The molecule has 0 fully saturated rings. The first-order valence-corrected chi connectivity index (χ1v) is 7.22. The number of carboxylic acid groups (broad SMARTS) is 1. The molecular formula is C16H14BrO2-. The lowest BCUT2D eigenvalue weighted by Crippen LogP contribution is -2.47. The van der Waals surface area contributed by atoms with Crippen molar-refractivity contribution in [3.8, 4) is 0 Å². The van der Waals surface area contributed by atoms with Crippen molar-refractivity contribution in [1.29, 1.82) is 0 Å². The van der Waals surface area contributed by atoms with Gasteiger partial charge in [0.1, 0.15) is 0 Å². The highest BCUT2D eigenvalue weighted by atomic mass is 79.9. The van der Waals surface area contributed by atoms with Crippen LogP contribution in [-0.2, 0) is 10.2 Å². The fourth-order valence-corrected chi connectivity index (χ4v) is 2.97. The van der Waals surface area contributed by atoms with Crippen LogP contribution in [0.3, 0.4) is 0 Å². The molecule has 0 amide bonds. The Hall–Kier alpha value is -1.61. The minimum atomic E-state index is -1.11. The monoisotopic (exact) mass is 317 g/mol. The Morgan fingerprint density at radius 1 is 0.947 bits per heavy atom. The largest absolute Gasteiger partial charge is 0.549 e. The predicted molar refractivity (Wildman–Crippen MR) is 77.1 cm³/mol. The molecular weight excluding hydrogens is 304 g/mol. The van der Waals surface area contributed by atoms with Gasteiger partial charge in [-0.1, -0.05) is 76.6 Å². The number of rotatable bonds is 5. The van der Waals surface area contributed by atoms with Gasteiger partial charge in [0, 0.05) is 5.33 Å². The maximum Gasteiger partial charge on any atom is 0.0605 e. The Kier molecular flexibility index (Phi) is 4.38. The highest BCUT2D eigenvalue weighted by Crippen LogP contribution is 2.35. The van der Waals surface area contributed by atoms with Crippen LogP contribution in [0.5, 0.6) is 0 Å². The van der Waals surface area contributed by atoms with E-state index in [9.17, 15) is 9.90 Å². The highest BCUT2D eigenvalue weighted by molar-refractivity contribution is 9.09. The van der Waals surface area contributed by atoms with Crippen LogP contribution >= 0.6 is 15.9 Å². The fourth-order valence-electron chi connectivity index (χ4n) is 2.38. The number of carbonyl (C=O) groups is 1. The molecule has 0 N–H and O–H groups in total. The zero-order chi connectivity index (χ0) is 13.7. The quantitative estimate of drug-likeness (QED) is 0.795. The van der Waals surface area contributed by atoms with Crippen molar-refractivity contribution in [3.63, 3.8) is 0 Å². The third-order valence-corrected chi connectivity index (χ3v) is 3.75. The fraction of sp³-hybridized carbons (Fsp3) is 0.188. The molecule has 0 aliphatic rings. The summed E-state index contributed by atoms with van der Waals surface area (Å²) in [5, 5.41) is 12.5. The molecule has 0 aliphatic heterocycles. The van der Waals surface area contributed by atoms with Gasteiger partial charge in [-0.25, -0.2) is 0 Å². The number of aliphatic carboxylic acids is 1. The zero-order valence-electron chi connectivity index (χ0n) is 10.4. The van der Waals surface area contributed by atoms with Crippen LogP contribution in [0, 0.1) is 0 Å². The topological polar surface area (TPSA) is 40.1 Å². The number of hydrogen-bond donors (Lipinski definition) is 0. The number of carboxylic acids is 1. The summed E-state index contributed by atoms with van der Waals surface area (Å²) in [6.07, 6.45) is 0.448. The summed E-state index contributed by atoms with van der Waals surface area (Å²) in [6.45, 7) is 0. The lowest BCUT2D eigenvalue weighted by molar-refractivity contribution is -0.312. The standard InChI is InChI=1S/C16H15BrO2/c17-12-11-16(15(18)19,13-7-3-1-4-8-13)14-9-5-2-6-10-14/h1-10H,11-12H2,(H,18,19)/p-1. The number of halogens is 1. The first-order chi connectivity index (χ1) is 9.21. The number of carbonyl (C=O) groups excluding carboxylic acids is 1. The van der Waals surface area contributed by atoms with E-state index in [1.165, 1.54) is 0 Å². The first-order valence-electron chi connectivity index (χ1n) is 6.10. The number of alkyl halides is 1. The van der Waals surface area contributed by atoms with Crippen LogP contribution in [0.2, 0.25) is 0 Å². The Bertz CT molecular complexity index is 498. The summed E-state index contributed by atoms with van der Waals surface area (Å²) in [5.41, 5.74) is 0.396. The molecule has 0 atom stereocenters. The van der Waals surface area contributed by atoms with E-state index in [2.05, 4.69) is 15.9 Å². The number of hydrogen-bond acceptors (Lipinski definition) is 2. The molecule has 0 aliphatic carbocycles. The molecule has 19 heavy (non-hydrogen) atoms. The maximum atomic E-state index is 11.9. The van der Waals surface area contributed by atoms with E-state index in [-0.39, 0.29) is 0 Å². The van der Waals surface area contributed by atoms with Crippen molar-refractivity contribution in [2.75, 3.05) is 5.33 Å². The van der Waals surface area contributed by atoms with E-state index in [1.807, 2.05) is 60.7 Å². The van der Waals surface area contributed by atoms with Crippen molar-refractivity contribution in [2.24, 2.45) is 0 Å². The molecule has 0 heterocycles. The van der Waals surface area contributed by atoms with E-state index in [0.29, 0.717) is 11.8 Å². The first kappa shape index (κ1) is 13.8. The average molecular weight is 318 g/mol. The Morgan fingerprint density at radius 2 is 1.37 bits per heavy atom. The summed E-state index contributed by atoms with van der Waals surface area (Å²) < 4.78 is 0. The van der Waals surface area contributed by atoms with Gasteiger partial charge >= 0.3 is 0 Å². The molecule has 2 aromatic carbocycles. The molecule has 0 aromatic heterocycles. The third kappa shape index (κ3) is 2.56. The van der Waals surface area contributed by atoms with E-state index >= 15 is 0 Å². The predicted octanol–water partition coefficient (Wildman–Crippen LogP) is 2.51. The summed E-state index contributed by atoms with van der Waals surface area (Å²) in [4.78, 5) is 11.9. The van der Waals surface area contributed by atoms with Crippen LogP contribution in [0.4, 0.5) is 0 Å². The molecule has 0 bridgehead atoms. The molecule has 0 unspecified atom stereocenters. The highest BCUT2D eigenvalue weighted by Gasteiger charge is 2.35. The SMILES string of the molecule is O=C([O-])C(CCBr)(c1ccccc1)c1ccccc1. The summed E-state index contributed by atoms with van der Waals surface area (Å²) >= 11 is 3.36. The van der Waals surface area contributed by atoms with Gasteiger partial charge in [0.25, 0.3) is 0 Å². The molecule has 2 rings (SSSR count). The normalized spacial score (nSPS) is 11.2. The van der Waals surface area contributed by atoms with Gasteiger partial charge in [0.05, 0.1) is 11.4 Å². The number of benzene rings is 2. The van der Waals surface area contributed by atoms with Gasteiger partial charge < -0.3 is 9.90 Å². The van der Waals surface area contributed by atoms with Crippen LogP contribution in [0.1, 0.15) is 17.5 Å². The summed E-state index contributed by atoms with van der Waals surface area (Å²) in [6, 6.07) is 18.5. The van der Waals surface area contributed by atoms with Crippen LogP contribution in [0.15, 0.2) is 60.7 Å². The molecule has 2 nitrogen and oxygen atoms in total. The maximum absolute atomic E-state index is 11.9. The molecule has 0 saturated heterocycles. The molecule has 0 radical (unpaired) electrons. The van der Waals surface area contributed by atoms with E-state index < -0.39 is 11.4 Å². The zero-order valence-corrected chi connectivity index (χ0v) is 12.0. The smallest absolute Gasteiger partial charge is 0.0605 e. The molecule has 3 heteroatoms. The van der Waals surface area contributed by atoms with Crippen molar-refractivity contribution in [2.45, 2.75) is 11.8 Å². The second-order valence-electron chi connectivity index (χ2n) is 4.36. The van der Waals surface area contributed by atoms with E-state index in [4.69, 9.17) is 0 Å². The Morgan fingerprint density at radius 3 is 1.68 bits per heavy atom. The van der Waals surface area contributed by atoms with Crippen LogP contribution in [-0.4, -0.2) is 11.3 Å². The molecule has 2 aromatic rings. The van der Waals surface area contributed by atoms with Gasteiger partial charge in [0.15, 0.2) is 0 Å². The Balaban J connectivity index is 2.65. The summed E-state index contributed by atoms with van der Waals surface area (Å²) in [7, 11) is 0. The molecule has 0 spiro atoms. The minimum absolute atomic E-state index is 0.448. The lowest BCUT2D eigenvalue weighted by atomic mass is 9.72. The van der Waals surface area contributed by atoms with Crippen molar-refractivity contribution >= 4 is 21.9 Å². The van der Waals surface area contributed by atoms with Crippen molar-refractivity contribution < 1.29 is 9.90 Å². The van der Waals surface area contributed by atoms with Crippen LogP contribution < -0.4 is 5.11 Å². The van der Waals surface area contributed by atoms with Gasteiger partial charge in [-0.2, -0.15) is 0 Å². The molecule has 98 valence electrons. The Labute approximate surface area is 121 Å².